The number of benzene rings is 3. The van der Waals surface area contributed by atoms with E-state index in [1.807, 2.05) is 6.92 Å². The van der Waals surface area contributed by atoms with Gasteiger partial charge in [-0.15, -0.1) is 0 Å². The van der Waals surface area contributed by atoms with Crippen LogP contribution in [0, 0.1) is 39.5 Å². The van der Waals surface area contributed by atoms with Gasteiger partial charge in [-0.1, -0.05) is 180 Å². The summed E-state index contributed by atoms with van der Waals surface area (Å²) < 4.78 is 0. The summed E-state index contributed by atoms with van der Waals surface area (Å²) >= 11 is 0. The summed E-state index contributed by atoms with van der Waals surface area (Å²) in [5.41, 5.74) is 14.1. The Hall–Kier alpha value is -3.59. The Bertz CT molecular complexity index is 1570. The molecule has 9 rings (SSSR count). The van der Waals surface area contributed by atoms with Crippen molar-refractivity contribution in [3.8, 4) is 0 Å². The van der Waals surface area contributed by atoms with Crippen LogP contribution in [0.4, 0.5) is 11.5 Å². The van der Waals surface area contributed by atoms with Crippen molar-refractivity contribution < 1.29 is 0 Å². The van der Waals surface area contributed by atoms with Crippen LogP contribution in [-0.4, -0.2) is 32.2 Å². The third-order valence-corrected chi connectivity index (χ3v) is 12.7. The van der Waals surface area contributed by atoms with E-state index < -0.39 is 0 Å². The maximum Gasteiger partial charge on any atom is 0.131 e. The van der Waals surface area contributed by atoms with Gasteiger partial charge >= 0.3 is 0 Å². The summed E-state index contributed by atoms with van der Waals surface area (Å²) in [5, 5.41) is 0. The van der Waals surface area contributed by atoms with Crippen LogP contribution >= 0.6 is 0 Å². The van der Waals surface area contributed by atoms with Crippen molar-refractivity contribution in [1.29, 1.82) is 0 Å². The van der Waals surface area contributed by atoms with Gasteiger partial charge in [-0.05, 0) is 123 Å². The second-order valence-corrected chi connectivity index (χ2v) is 17.2. The normalized spacial score (nSPS) is 17.4. The van der Waals surface area contributed by atoms with E-state index in [2.05, 4.69) is 136 Å². The van der Waals surface area contributed by atoms with E-state index in [1.54, 1.807) is 36.8 Å². The van der Waals surface area contributed by atoms with E-state index in [-0.39, 0.29) is 29.7 Å². The predicted molar refractivity (Wildman–Crippen MR) is 263 cm³/mol. The zero-order chi connectivity index (χ0) is 38.5. The zero-order valence-electron chi connectivity index (χ0n) is 35.5. The Balaban J connectivity index is 0.000000357. The minimum Gasteiger partial charge on any atom is -0.374 e. The van der Waals surface area contributed by atoms with Crippen LogP contribution in [0.25, 0.3) is 0 Å². The van der Waals surface area contributed by atoms with Crippen molar-refractivity contribution in [2.24, 2.45) is 11.8 Å². The van der Waals surface area contributed by atoms with Crippen LogP contribution in [0.15, 0.2) is 72.8 Å². The summed E-state index contributed by atoms with van der Waals surface area (Å²) in [5.74, 6) is 4.24. The monoisotopic (exact) mass is 792 g/mol. The zero-order valence-corrected chi connectivity index (χ0v) is 35.5. The average Bonchev–Trinajstić information content (AvgIpc) is 3.88. The van der Waals surface area contributed by atoms with Crippen molar-refractivity contribution >= 4 is 11.5 Å². The molecule has 0 amide bonds. The molecule has 0 saturated heterocycles. The molecule has 0 N–H and O–H groups in total. The number of likely N-dealkylation sites (N-methyl/N-ethyl adjacent to an activating group) is 2. The quantitative estimate of drug-likeness (QED) is 0.202. The third-order valence-electron chi connectivity index (χ3n) is 12.7. The Morgan fingerprint density at radius 1 is 0.552 bits per heavy atom. The lowest BCUT2D eigenvalue weighted by molar-refractivity contribution is 0.196. The minimum atomic E-state index is 0. The second-order valence-electron chi connectivity index (χ2n) is 17.2. The van der Waals surface area contributed by atoms with Crippen molar-refractivity contribution in [1.82, 2.24) is 4.98 Å². The molecular formula is C55H89N3. The maximum absolute atomic E-state index is 4.46. The Labute approximate surface area is 360 Å². The van der Waals surface area contributed by atoms with Gasteiger partial charge in [-0.2, -0.15) is 0 Å². The molecule has 3 nitrogen and oxygen atoms in total. The van der Waals surface area contributed by atoms with Gasteiger partial charge in [-0.25, -0.2) is 4.98 Å². The molecule has 1 atom stereocenters. The number of rotatable bonds is 2. The highest BCUT2D eigenvalue weighted by molar-refractivity contribution is 5.58. The molecule has 1 unspecified atom stereocenters. The average molecular weight is 792 g/mol. The molecule has 2 saturated carbocycles. The van der Waals surface area contributed by atoms with Gasteiger partial charge in [0.15, 0.2) is 0 Å². The van der Waals surface area contributed by atoms with Crippen molar-refractivity contribution in [3.63, 3.8) is 0 Å². The fraction of sp³-hybridized carbons (Fsp3) is 0.582. The van der Waals surface area contributed by atoms with Crippen molar-refractivity contribution in [3.05, 3.63) is 123 Å². The van der Waals surface area contributed by atoms with Crippen molar-refractivity contribution in [2.75, 3.05) is 37.0 Å². The molecule has 1 aromatic heterocycles. The number of fused-ring (bicyclic) bond motifs is 3. The van der Waals surface area contributed by atoms with Crippen LogP contribution in [0.2, 0.25) is 0 Å². The largest absolute Gasteiger partial charge is 0.374 e. The number of aromatic nitrogens is 1. The van der Waals surface area contributed by atoms with E-state index in [0.29, 0.717) is 0 Å². The molecule has 58 heavy (non-hydrogen) atoms. The molecule has 4 aromatic rings. The van der Waals surface area contributed by atoms with Crippen LogP contribution in [0.3, 0.4) is 0 Å². The molecule has 2 aliphatic heterocycles. The summed E-state index contributed by atoms with van der Waals surface area (Å²) in [6, 6.07) is 26.4. The molecule has 3 aromatic carbocycles. The number of aryl methyl sites for hydroxylation is 6. The van der Waals surface area contributed by atoms with Crippen LogP contribution in [0.1, 0.15) is 170 Å². The lowest BCUT2D eigenvalue weighted by Crippen LogP contribution is -2.20. The predicted octanol–water partition coefficient (Wildman–Crippen LogP) is 15.7. The summed E-state index contributed by atoms with van der Waals surface area (Å²) in [6.07, 6.45) is 21.5. The Morgan fingerprint density at radius 3 is 1.67 bits per heavy atom. The first-order valence-corrected chi connectivity index (χ1v) is 21.7. The lowest BCUT2D eigenvalue weighted by Gasteiger charge is -2.32. The number of hydrogen-bond acceptors (Lipinski definition) is 3. The molecule has 0 bridgehead atoms. The molecular weight excluding hydrogens is 703 g/mol. The first-order chi connectivity index (χ1) is 26.1. The van der Waals surface area contributed by atoms with Gasteiger partial charge < -0.3 is 9.80 Å². The second kappa shape index (κ2) is 26.5. The smallest absolute Gasteiger partial charge is 0.131 e. The molecule has 3 heteroatoms. The highest BCUT2D eigenvalue weighted by Crippen LogP contribution is 2.38. The summed E-state index contributed by atoms with van der Waals surface area (Å²) in [4.78, 5) is 8.99. The molecule has 3 heterocycles. The van der Waals surface area contributed by atoms with E-state index in [4.69, 9.17) is 0 Å². The summed E-state index contributed by atoms with van der Waals surface area (Å²) in [6.45, 7) is 15.3. The molecule has 0 spiro atoms. The highest BCUT2D eigenvalue weighted by atomic mass is 15.2. The fourth-order valence-corrected chi connectivity index (χ4v) is 9.21. The maximum atomic E-state index is 4.46. The first-order valence-electron chi connectivity index (χ1n) is 21.7. The Kier molecular flexibility index (Phi) is 24.0. The third kappa shape index (κ3) is 15.5. The molecule has 324 valence electrons. The fourth-order valence-electron chi connectivity index (χ4n) is 9.21. The van der Waals surface area contributed by atoms with Gasteiger partial charge in [0.2, 0.25) is 0 Å². The molecule has 2 fully saturated rings. The lowest BCUT2D eigenvalue weighted by atomic mass is 9.73. The Morgan fingerprint density at radius 2 is 1.09 bits per heavy atom. The van der Waals surface area contributed by atoms with Gasteiger partial charge in [0.05, 0.1) is 0 Å². The minimum absolute atomic E-state index is 0. The van der Waals surface area contributed by atoms with Crippen LogP contribution < -0.4 is 9.80 Å². The van der Waals surface area contributed by atoms with Gasteiger partial charge in [0, 0.05) is 38.6 Å². The summed E-state index contributed by atoms with van der Waals surface area (Å²) in [7, 11) is 4.25. The number of anilines is 2. The van der Waals surface area contributed by atoms with E-state index in [0.717, 1.165) is 42.8 Å². The van der Waals surface area contributed by atoms with Gasteiger partial charge in [0.1, 0.15) is 5.82 Å². The van der Waals surface area contributed by atoms with Gasteiger partial charge in [0.25, 0.3) is 0 Å². The van der Waals surface area contributed by atoms with Crippen LogP contribution in [0.5, 0.6) is 0 Å². The number of nitrogens with zero attached hydrogens (tertiary/aromatic N) is 3. The molecule has 0 radical (unpaired) electrons. The molecule has 5 aliphatic rings. The number of pyridine rings is 1. The SMILES string of the molecule is C.C.C.C.C1CCC(C2CCCCC2)CC1.CCc1cccc(C)c1.Cc1ccc2c(c1)C(C)CC2.Cc1ccc2c(c1)N(C)CC2.Cc1ccc2c(n1)N(C)CC2. The standard InChI is InChI=1S/C12H22.C11H14.C10H13N.C9H12N2.C9H12.4CH4/c1-3-7-11(8-4-1)12-9-5-2-6-10-12;1-8-3-5-10-6-4-9(2)11(10)7-8;1-8-3-4-9-5-6-11(2)10(9)7-8;1-7-3-4-8-5-6-11(2)9(8)10-7;1-3-9-6-4-5-8(2)7-9;;;;/h11-12H,1-10H2;3,5,7,9H,4,6H2,1-2H3;3-4,7H,5-6H2,1-2H3;3-4H,5-6H2,1-2H3;4-7H,3H2,1-2H3;4*1H4. The highest BCUT2D eigenvalue weighted by Gasteiger charge is 2.24. The van der Waals surface area contributed by atoms with E-state index in [1.165, 1.54) is 109 Å². The van der Waals surface area contributed by atoms with Crippen LogP contribution in [-0.2, 0) is 25.7 Å². The van der Waals surface area contributed by atoms with Gasteiger partial charge in [-0.3, -0.25) is 0 Å². The molecule has 3 aliphatic carbocycles. The van der Waals surface area contributed by atoms with E-state index >= 15 is 0 Å². The topological polar surface area (TPSA) is 19.4 Å². The van der Waals surface area contributed by atoms with E-state index in [9.17, 15) is 0 Å². The first kappa shape index (κ1) is 52.4. The van der Waals surface area contributed by atoms with Crippen molar-refractivity contribution in [2.45, 2.75) is 173 Å². The number of hydrogen-bond donors (Lipinski definition) is 0.